The van der Waals surface area contributed by atoms with Crippen LogP contribution in [0.5, 0.6) is 0 Å². The van der Waals surface area contributed by atoms with E-state index in [0.29, 0.717) is 10.8 Å². The molecule has 3 heterocycles. The lowest BCUT2D eigenvalue weighted by atomic mass is 10.1. The zero-order chi connectivity index (χ0) is 25.4. The number of halogens is 1. The number of morpholine rings is 1. The number of fused-ring (bicyclic) bond motifs is 1. The number of nitrogens with one attached hydrogen (secondary N) is 2. The van der Waals surface area contributed by atoms with Crippen LogP contribution in [-0.4, -0.2) is 45.2 Å². The van der Waals surface area contributed by atoms with Crippen molar-refractivity contribution in [3.8, 4) is 22.6 Å². The smallest absolute Gasteiger partial charge is 0.226 e. The van der Waals surface area contributed by atoms with Crippen LogP contribution in [0.1, 0.15) is 13.8 Å². The van der Waals surface area contributed by atoms with Gasteiger partial charge in [0.15, 0.2) is 0 Å². The molecule has 1 aliphatic rings. The molecule has 8 heteroatoms. The summed E-state index contributed by atoms with van der Waals surface area (Å²) in [6, 6.07) is 22.0. The lowest BCUT2D eigenvalue weighted by Crippen LogP contribution is -2.46. The Bertz CT molecular complexity index is 1540. The molecule has 0 aliphatic carbocycles. The van der Waals surface area contributed by atoms with E-state index in [1.807, 2.05) is 79.1 Å². The highest BCUT2D eigenvalue weighted by molar-refractivity contribution is 6.33. The van der Waals surface area contributed by atoms with E-state index in [9.17, 15) is 0 Å². The Hall–Kier alpha value is -3.94. The third-order valence-corrected chi connectivity index (χ3v) is 6.81. The minimum atomic E-state index is 0.146. The first-order valence-corrected chi connectivity index (χ1v) is 12.7. The number of ether oxygens (including phenoxy) is 1. The van der Waals surface area contributed by atoms with Crippen LogP contribution >= 0.6 is 11.6 Å². The summed E-state index contributed by atoms with van der Waals surface area (Å²) in [7, 11) is 0. The van der Waals surface area contributed by atoms with Gasteiger partial charge in [0.1, 0.15) is 5.82 Å². The van der Waals surface area contributed by atoms with Gasteiger partial charge in [0.25, 0.3) is 0 Å². The van der Waals surface area contributed by atoms with Crippen molar-refractivity contribution in [2.24, 2.45) is 0 Å². The van der Waals surface area contributed by atoms with E-state index < -0.39 is 0 Å². The maximum atomic E-state index is 6.57. The third kappa shape index (κ3) is 4.88. The van der Waals surface area contributed by atoms with Crippen molar-refractivity contribution in [2.45, 2.75) is 26.1 Å². The summed E-state index contributed by atoms with van der Waals surface area (Å²) >= 11 is 6.57. The Morgan fingerprint density at radius 1 is 0.946 bits per heavy atom. The summed E-state index contributed by atoms with van der Waals surface area (Å²) in [5.74, 6) is 1.44. The molecule has 1 aliphatic heterocycles. The molecule has 3 aromatic carbocycles. The van der Waals surface area contributed by atoms with Crippen LogP contribution in [0.4, 0.5) is 17.3 Å². The maximum absolute atomic E-state index is 6.57. The largest absolute Gasteiger partial charge is 0.372 e. The fourth-order valence-electron chi connectivity index (χ4n) is 4.81. The number of anilines is 3. The molecular formula is C29H27ClN6O. The maximum Gasteiger partial charge on any atom is 0.226 e. The predicted molar refractivity (Wildman–Crippen MR) is 150 cm³/mol. The van der Waals surface area contributed by atoms with Gasteiger partial charge in [0, 0.05) is 41.6 Å². The summed E-state index contributed by atoms with van der Waals surface area (Å²) < 4.78 is 5.86. The Morgan fingerprint density at radius 3 is 2.57 bits per heavy atom. The summed E-state index contributed by atoms with van der Waals surface area (Å²) in [4.78, 5) is 19.7. The zero-order valence-electron chi connectivity index (χ0n) is 20.6. The summed E-state index contributed by atoms with van der Waals surface area (Å²) in [5, 5.41) is 5.09. The molecule has 1 saturated heterocycles. The van der Waals surface area contributed by atoms with Gasteiger partial charge in [-0.1, -0.05) is 48.0 Å². The van der Waals surface area contributed by atoms with Crippen LogP contribution in [0.15, 0.2) is 79.1 Å². The van der Waals surface area contributed by atoms with Crippen LogP contribution in [0.25, 0.3) is 33.5 Å². The highest BCUT2D eigenvalue weighted by atomic mass is 35.5. The standard InChI is InChI=1S/C29H27ClN6O/c1-18-16-36(17-19(2)37-18)29-32-14-23-25(9-6-10-26(23)35-29)33-21-11-12-24(30)22(13-21)28-31-15-27(34-28)20-7-4-3-5-8-20/h3-15,18-19,33H,16-17H2,1-2H3,(H,31,34). The molecule has 0 saturated carbocycles. The van der Waals surface area contributed by atoms with Gasteiger partial charge in [-0.3, -0.25) is 0 Å². The van der Waals surface area contributed by atoms with Crippen molar-refractivity contribution in [1.82, 2.24) is 19.9 Å². The number of aromatic nitrogens is 4. The molecule has 37 heavy (non-hydrogen) atoms. The number of imidazole rings is 1. The molecule has 186 valence electrons. The molecule has 2 unspecified atom stereocenters. The Balaban J connectivity index is 1.28. The van der Waals surface area contributed by atoms with Gasteiger partial charge in [-0.25, -0.2) is 15.0 Å². The van der Waals surface area contributed by atoms with E-state index in [0.717, 1.165) is 58.1 Å². The van der Waals surface area contributed by atoms with Crippen molar-refractivity contribution in [3.63, 3.8) is 0 Å². The van der Waals surface area contributed by atoms with Crippen LogP contribution in [-0.2, 0) is 4.74 Å². The summed E-state index contributed by atoms with van der Waals surface area (Å²) in [6.45, 7) is 5.72. The van der Waals surface area contributed by atoms with Crippen molar-refractivity contribution < 1.29 is 4.74 Å². The number of benzene rings is 3. The average molecular weight is 511 g/mol. The van der Waals surface area contributed by atoms with Gasteiger partial charge in [0.05, 0.1) is 34.6 Å². The Labute approximate surface area is 220 Å². The summed E-state index contributed by atoms with van der Waals surface area (Å²) in [5.41, 5.74) is 5.53. The van der Waals surface area contributed by atoms with Crippen LogP contribution in [0.3, 0.4) is 0 Å². The van der Waals surface area contributed by atoms with E-state index in [2.05, 4.69) is 34.0 Å². The number of aromatic amines is 1. The van der Waals surface area contributed by atoms with E-state index in [-0.39, 0.29) is 12.2 Å². The number of nitrogens with zero attached hydrogens (tertiary/aromatic N) is 4. The normalized spacial score (nSPS) is 17.8. The zero-order valence-corrected chi connectivity index (χ0v) is 21.4. The fraction of sp³-hybridized carbons (Fsp3) is 0.207. The second-order valence-corrected chi connectivity index (χ2v) is 9.81. The van der Waals surface area contributed by atoms with E-state index in [4.69, 9.17) is 26.3 Å². The van der Waals surface area contributed by atoms with Crippen molar-refractivity contribution in [2.75, 3.05) is 23.3 Å². The molecule has 0 amide bonds. The van der Waals surface area contributed by atoms with Crippen LogP contribution in [0.2, 0.25) is 5.02 Å². The number of hydrogen-bond donors (Lipinski definition) is 2. The van der Waals surface area contributed by atoms with E-state index in [1.165, 1.54) is 0 Å². The highest BCUT2D eigenvalue weighted by Crippen LogP contribution is 2.33. The monoisotopic (exact) mass is 510 g/mol. The topological polar surface area (TPSA) is 79.0 Å². The first kappa shape index (κ1) is 23.5. The van der Waals surface area contributed by atoms with Gasteiger partial charge in [-0.05, 0) is 49.7 Å². The predicted octanol–water partition coefficient (Wildman–Crippen LogP) is 6.70. The van der Waals surface area contributed by atoms with Gasteiger partial charge in [0.2, 0.25) is 5.95 Å². The molecule has 6 rings (SSSR count). The average Bonchev–Trinajstić information content (AvgIpc) is 3.40. The van der Waals surface area contributed by atoms with E-state index >= 15 is 0 Å². The molecule has 0 spiro atoms. The highest BCUT2D eigenvalue weighted by Gasteiger charge is 2.24. The molecule has 2 aromatic heterocycles. The molecule has 0 radical (unpaired) electrons. The lowest BCUT2D eigenvalue weighted by Gasteiger charge is -2.35. The molecule has 5 aromatic rings. The minimum Gasteiger partial charge on any atom is -0.372 e. The third-order valence-electron chi connectivity index (χ3n) is 6.48. The van der Waals surface area contributed by atoms with Crippen molar-refractivity contribution in [1.29, 1.82) is 0 Å². The molecule has 7 nitrogen and oxygen atoms in total. The second kappa shape index (κ2) is 9.84. The first-order chi connectivity index (χ1) is 18.0. The number of hydrogen-bond acceptors (Lipinski definition) is 6. The van der Waals surface area contributed by atoms with Crippen molar-refractivity contribution in [3.05, 3.63) is 84.1 Å². The van der Waals surface area contributed by atoms with Crippen LogP contribution < -0.4 is 10.2 Å². The van der Waals surface area contributed by atoms with Gasteiger partial charge in [-0.15, -0.1) is 0 Å². The fourth-order valence-corrected chi connectivity index (χ4v) is 5.02. The van der Waals surface area contributed by atoms with Gasteiger partial charge < -0.3 is 19.9 Å². The molecule has 0 bridgehead atoms. The quantitative estimate of drug-likeness (QED) is 0.274. The molecule has 2 N–H and O–H groups in total. The van der Waals surface area contributed by atoms with Crippen LogP contribution in [0, 0.1) is 0 Å². The number of rotatable bonds is 5. The Morgan fingerprint density at radius 2 is 1.76 bits per heavy atom. The lowest BCUT2D eigenvalue weighted by molar-refractivity contribution is -0.00570. The Kier molecular flexibility index (Phi) is 6.24. The van der Waals surface area contributed by atoms with Crippen molar-refractivity contribution >= 4 is 39.8 Å². The molecule has 1 fully saturated rings. The summed E-state index contributed by atoms with van der Waals surface area (Å²) in [6.07, 6.45) is 4.01. The molecule has 2 atom stereocenters. The minimum absolute atomic E-state index is 0.146. The SMILES string of the molecule is CC1CN(c2ncc3c(Nc4ccc(Cl)c(-c5ncc(-c6ccccc6)[nH]5)c4)cccc3n2)CC(C)O1. The number of H-pyrrole nitrogens is 1. The van der Waals surface area contributed by atoms with E-state index in [1.54, 1.807) is 0 Å². The van der Waals surface area contributed by atoms with Gasteiger partial charge >= 0.3 is 0 Å². The second-order valence-electron chi connectivity index (χ2n) is 9.40. The molecular weight excluding hydrogens is 484 g/mol. The first-order valence-electron chi connectivity index (χ1n) is 12.4. The van der Waals surface area contributed by atoms with Gasteiger partial charge in [-0.2, -0.15) is 0 Å².